The molecule has 27 heavy (non-hydrogen) atoms. The lowest BCUT2D eigenvalue weighted by atomic mass is 10.1. The molecule has 0 atom stereocenters. The second kappa shape index (κ2) is 7.82. The van der Waals surface area contributed by atoms with Gasteiger partial charge in [0.05, 0.1) is 11.3 Å². The van der Waals surface area contributed by atoms with E-state index in [4.69, 9.17) is 0 Å². The summed E-state index contributed by atoms with van der Waals surface area (Å²) in [6.07, 6.45) is -0.564. The number of carbonyl (C=O) groups excluding carboxylic acids is 2. The lowest BCUT2D eigenvalue weighted by molar-refractivity contribution is -0.136. The van der Waals surface area contributed by atoms with Crippen molar-refractivity contribution in [2.45, 2.75) is 37.9 Å². The van der Waals surface area contributed by atoms with E-state index in [0.29, 0.717) is 5.56 Å². The molecule has 2 amide bonds. The molecule has 2 N–H and O–H groups in total. The Morgan fingerprint density at radius 2 is 1.52 bits per heavy atom. The Bertz CT molecular complexity index is 843. The van der Waals surface area contributed by atoms with Crippen LogP contribution in [0, 0.1) is 0 Å². The van der Waals surface area contributed by atoms with Crippen LogP contribution in [0.3, 0.4) is 0 Å². The SMILES string of the molecule is O=C(Nc1ccccc1C(F)(F)F)c1cccc(C(=O)NC2CCCC2)c1. The Kier molecular flexibility index (Phi) is 5.48. The first-order valence-electron chi connectivity index (χ1n) is 8.73. The molecule has 0 aromatic heterocycles. The Labute approximate surface area is 154 Å². The molecule has 4 nitrogen and oxygen atoms in total. The van der Waals surface area contributed by atoms with Crippen LogP contribution in [0.4, 0.5) is 18.9 Å². The monoisotopic (exact) mass is 376 g/mol. The summed E-state index contributed by atoms with van der Waals surface area (Å²) in [5.74, 6) is -0.991. The third kappa shape index (κ3) is 4.67. The highest BCUT2D eigenvalue weighted by molar-refractivity contribution is 6.06. The van der Waals surface area contributed by atoms with Gasteiger partial charge < -0.3 is 10.6 Å². The number of carbonyl (C=O) groups is 2. The molecular formula is C20H19F3N2O2. The second-order valence-corrected chi connectivity index (χ2v) is 6.53. The largest absolute Gasteiger partial charge is 0.418 e. The van der Waals surface area contributed by atoms with E-state index >= 15 is 0 Å². The molecule has 0 aliphatic heterocycles. The molecule has 2 aromatic rings. The summed E-state index contributed by atoms with van der Waals surface area (Å²) in [6, 6.07) is 10.8. The summed E-state index contributed by atoms with van der Waals surface area (Å²) >= 11 is 0. The zero-order valence-electron chi connectivity index (χ0n) is 14.5. The molecule has 1 fully saturated rings. The number of benzene rings is 2. The molecule has 1 aliphatic carbocycles. The summed E-state index contributed by atoms with van der Waals surface area (Å²) in [6.45, 7) is 0. The van der Waals surface area contributed by atoms with E-state index in [1.807, 2.05) is 0 Å². The normalized spacial score (nSPS) is 14.8. The number of rotatable bonds is 4. The fourth-order valence-corrected chi connectivity index (χ4v) is 3.17. The van der Waals surface area contributed by atoms with Crippen LogP contribution in [0.15, 0.2) is 48.5 Å². The molecule has 142 valence electrons. The minimum Gasteiger partial charge on any atom is -0.349 e. The Morgan fingerprint density at radius 1 is 0.889 bits per heavy atom. The maximum Gasteiger partial charge on any atom is 0.418 e. The molecule has 0 heterocycles. The quantitative estimate of drug-likeness (QED) is 0.817. The van der Waals surface area contributed by atoms with Gasteiger partial charge in [-0.1, -0.05) is 31.0 Å². The van der Waals surface area contributed by atoms with Crippen LogP contribution in [0.1, 0.15) is 52.0 Å². The van der Waals surface area contributed by atoms with Gasteiger partial charge in [0.15, 0.2) is 0 Å². The highest BCUT2D eigenvalue weighted by Crippen LogP contribution is 2.34. The average molecular weight is 376 g/mol. The number of halogens is 3. The standard InChI is InChI=1S/C20H19F3N2O2/c21-20(22,23)16-10-3-4-11-17(16)25-19(27)14-7-5-6-13(12-14)18(26)24-15-8-1-2-9-15/h3-7,10-12,15H,1-2,8-9H2,(H,24,26)(H,25,27). The molecule has 1 saturated carbocycles. The third-order valence-electron chi connectivity index (χ3n) is 4.56. The van der Waals surface area contributed by atoms with Crippen LogP contribution in [0.2, 0.25) is 0 Å². The van der Waals surface area contributed by atoms with Crippen molar-refractivity contribution in [1.29, 1.82) is 0 Å². The first kappa shape index (κ1) is 18.9. The molecule has 7 heteroatoms. The van der Waals surface area contributed by atoms with Gasteiger partial charge >= 0.3 is 6.18 Å². The zero-order chi connectivity index (χ0) is 19.4. The van der Waals surface area contributed by atoms with Crippen LogP contribution < -0.4 is 10.6 Å². The van der Waals surface area contributed by atoms with Crippen molar-refractivity contribution in [3.63, 3.8) is 0 Å². The molecule has 0 spiro atoms. The first-order valence-corrected chi connectivity index (χ1v) is 8.73. The number of hydrogen-bond donors (Lipinski definition) is 2. The van der Waals surface area contributed by atoms with Crippen LogP contribution in [0.5, 0.6) is 0 Å². The molecule has 1 aliphatic rings. The van der Waals surface area contributed by atoms with E-state index in [1.54, 1.807) is 6.07 Å². The van der Waals surface area contributed by atoms with Crippen molar-refractivity contribution in [3.8, 4) is 0 Å². The van der Waals surface area contributed by atoms with Crippen molar-refractivity contribution in [2.24, 2.45) is 0 Å². The fourth-order valence-electron chi connectivity index (χ4n) is 3.17. The van der Waals surface area contributed by atoms with Crippen molar-refractivity contribution in [2.75, 3.05) is 5.32 Å². The number of alkyl halides is 3. The summed E-state index contributed by atoms with van der Waals surface area (Å²) in [7, 11) is 0. The molecule has 0 unspecified atom stereocenters. The van der Waals surface area contributed by atoms with E-state index in [1.165, 1.54) is 36.4 Å². The third-order valence-corrected chi connectivity index (χ3v) is 4.56. The Balaban J connectivity index is 1.75. The van der Waals surface area contributed by atoms with Crippen LogP contribution in [-0.2, 0) is 6.18 Å². The lowest BCUT2D eigenvalue weighted by Crippen LogP contribution is -2.32. The maximum absolute atomic E-state index is 13.1. The van der Waals surface area contributed by atoms with Gasteiger partial charge in [0.25, 0.3) is 11.8 Å². The number of anilines is 1. The highest BCUT2D eigenvalue weighted by atomic mass is 19.4. The predicted octanol–water partition coefficient (Wildman–Crippen LogP) is 4.63. The number of para-hydroxylation sites is 1. The summed E-state index contributed by atoms with van der Waals surface area (Å²) < 4.78 is 39.2. The van der Waals surface area contributed by atoms with Crippen LogP contribution >= 0.6 is 0 Å². The van der Waals surface area contributed by atoms with Crippen molar-refractivity contribution >= 4 is 17.5 Å². The minimum atomic E-state index is -4.58. The van der Waals surface area contributed by atoms with Crippen LogP contribution in [-0.4, -0.2) is 17.9 Å². The lowest BCUT2D eigenvalue weighted by Gasteiger charge is -2.14. The van der Waals surface area contributed by atoms with E-state index in [0.717, 1.165) is 31.7 Å². The topological polar surface area (TPSA) is 58.2 Å². The van der Waals surface area contributed by atoms with Crippen molar-refractivity contribution in [1.82, 2.24) is 5.32 Å². The molecular weight excluding hydrogens is 357 g/mol. The first-order chi connectivity index (χ1) is 12.8. The molecule has 2 aromatic carbocycles. The molecule has 0 saturated heterocycles. The van der Waals surface area contributed by atoms with Gasteiger partial charge in [0.2, 0.25) is 0 Å². The van der Waals surface area contributed by atoms with Gasteiger partial charge in [-0.15, -0.1) is 0 Å². The van der Waals surface area contributed by atoms with Gasteiger partial charge in [0.1, 0.15) is 0 Å². The minimum absolute atomic E-state index is 0.117. The number of amides is 2. The molecule has 3 rings (SSSR count). The Morgan fingerprint density at radius 3 is 2.19 bits per heavy atom. The summed E-state index contributed by atoms with van der Waals surface area (Å²) in [5, 5.41) is 5.20. The average Bonchev–Trinajstić information content (AvgIpc) is 3.14. The number of nitrogens with one attached hydrogen (secondary N) is 2. The second-order valence-electron chi connectivity index (χ2n) is 6.53. The van der Waals surface area contributed by atoms with Crippen molar-refractivity contribution < 1.29 is 22.8 Å². The Hall–Kier alpha value is -2.83. The van der Waals surface area contributed by atoms with E-state index < -0.39 is 17.6 Å². The predicted molar refractivity (Wildman–Crippen MR) is 95.6 cm³/mol. The summed E-state index contributed by atoms with van der Waals surface area (Å²) in [5.41, 5.74) is -0.825. The van der Waals surface area contributed by atoms with E-state index in [-0.39, 0.29) is 23.2 Å². The smallest absolute Gasteiger partial charge is 0.349 e. The van der Waals surface area contributed by atoms with Gasteiger partial charge in [-0.25, -0.2) is 0 Å². The van der Waals surface area contributed by atoms with Gasteiger partial charge in [0, 0.05) is 17.2 Å². The van der Waals surface area contributed by atoms with Crippen molar-refractivity contribution in [3.05, 3.63) is 65.2 Å². The van der Waals surface area contributed by atoms with E-state index in [2.05, 4.69) is 10.6 Å². The van der Waals surface area contributed by atoms with Gasteiger partial charge in [-0.05, 0) is 43.2 Å². The number of hydrogen-bond acceptors (Lipinski definition) is 2. The molecule has 0 radical (unpaired) electrons. The van der Waals surface area contributed by atoms with E-state index in [9.17, 15) is 22.8 Å². The highest BCUT2D eigenvalue weighted by Gasteiger charge is 2.33. The van der Waals surface area contributed by atoms with Crippen LogP contribution in [0.25, 0.3) is 0 Å². The maximum atomic E-state index is 13.1. The van der Waals surface area contributed by atoms with Gasteiger partial charge in [-0.3, -0.25) is 9.59 Å². The summed E-state index contributed by atoms with van der Waals surface area (Å²) in [4.78, 5) is 24.7. The fraction of sp³-hybridized carbons (Fsp3) is 0.300. The molecule has 0 bridgehead atoms. The zero-order valence-corrected chi connectivity index (χ0v) is 14.5. The van der Waals surface area contributed by atoms with Gasteiger partial charge in [-0.2, -0.15) is 13.2 Å².